The molecule has 2 heterocycles. The van der Waals surface area contributed by atoms with Gasteiger partial charge in [-0.3, -0.25) is 4.98 Å². The number of carboxylic acids is 1. The van der Waals surface area contributed by atoms with Gasteiger partial charge in [0.25, 0.3) is 0 Å². The van der Waals surface area contributed by atoms with Crippen LogP contribution in [-0.2, 0) is 6.54 Å². The lowest BCUT2D eigenvalue weighted by atomic mass is 9.96. The Bertz CT molecular complexity index is 1210. The fraction of sp³-hybridized carbons (Fsp3) is 0.174. The summed E-state index contributed by atoms with van der Waals surface area (Å²) in [5.74, 6) is -0.157. The first-order valence-corrected chi connectivity index (χ1v) is 9.25. The van der Waals surface area contributed by atoms with E-state index in [1.165, 1.54) is 11.1 Å². The number of fused-ring (bicyclic) bond motifs is 1. The minimum Gasteiger partial charge on any atom is -0.478 e. The van der Waals surface area contributed by atoms with Crippen LogP contribution < -0.4 is 0 Å². The number of nitrogens with zero attached hydrogens (tertiary/aromatic N) is 3. The van der Waals surface area contributed by atoms with Gasteiger partial charge >= 0.3 is 5.97 Å². The van der Waals surface area contributed by atoms with Gasteiger partial charge in [0, 0.05) is 24.5 Å². The third-order valence-corrected chi connectivity index (χ3v) is 5.05. The number of carbonyl (C=O) groups is 1. The van der Waals surface area contributed by atoms with Gasteiger partial charge in [0.1, 0.15) is 5.82 Å². The van der Waals surface area contributed by atoms with Crippen LogP contribution in [0.1, 0.15) is 28.4 Å². The van der Waals surface area contributed by atoms with Crippen molar-refractivity contribution >= 4 is 17.0 Å². The number of aryl methyl sites for hydroxylation is 3. The largest absolute Gasteiger partial charge is 0.478 e. The van der Waals surface area contributed by atoms with E-state index in [1.54, 1.807) is 18.3 Å². The van der Waals surface area contributed by atoms with Crippen LogP contribution in [0.5, 0.6) is 0 Å². The Balaban J connectivity index is 1.97. The van der Waals surface area contributed by atoms with Crippen molar-refractivity contribution < 1.29 is 9.90 Å². The number of aromatic nitrogens is 3. The summed E-state index contributed by atoms with van der Waals surface area (Å²) >= 11 is 0. The summed E-state index contributed by atoms with van der Waals surface area (Å²) < 4.78 is 2.10. The second-order valence-corrected chi connectivity index (χ2v) is 6.93. The lowest BCUT2D eigenvalue weighted by Gasteiger charge is -2.13. The second-order valence-electron chi connectivity index (χ2n) is 6.93. The Morgan fingerprint density at radius 1 is 1.04 bits per heavy atom. The summed E-state index contributed by atoms with van der Waals surface area (Å²) in [6.45, 7) is 6.97. The molecule has 2 aromatic carbocycles. The quantitative estimate of drug-likeness (QED) is 0.542. The summed E-state index contributed by atoms with van der Waals surface area (Å²) in [5, 5.41) is 9.30. The Labute approximate surface area is 163 Å². The number of hydrogen-bond acceptors (Lipinski definition) is 3. The number of carboxylic acid groups (broad SMARTS) is 1. The van der Waals surface area contributed by atoms with E-state index >= 15 is 0 Å². The number of imidazole rings is 1. The first-order chi connectivity index (χ1) is 13.5. The summed E-state index contributed by atoms with van der Waals surface area (Å²) in [6, 6.07) is 13.5. The third kappa shape index (κ3) is 2.95. The van der Waals surface area contributed by atoms with Crippen LogP contribution in [0.15, 0.2) is 54.9 Å². The number of benzene rings is 2. The second kappa shape index (κ2) is 6.93. The molecule has 4 rings (SSSR count). The maximum atomic E-state index is 11.3. The van der Waals surface area contributed by atoms with Gasteiger partial charge in [-0.25, -0.2) is 9.78 Å². The lowest BCUT2D eigenvalue weighted by Crippen LogP contribution is -2.00. The SMILES string of the molecule is CCn1c(-c2cnccc2-c2ccc(C)cc2C)nc2cc(C(=O)O)ccc21. The van der Waals surface area contributed by atoms with E-state index in [0.717, 1.165) is 34.6 Å². The highest BCUT2D eigenvalue weighted by Gasteiger charge is 2.18. The molecule has 5 nitrogen and oxygen atoms in total. The smallest absolute Gasteiger partial charge is 0.335 e. The van der Waals surface area contributed by atoms with Crippen molar-refractivity contribution in [2.75, 3.05) is 0 Å². The first kappa shape index (κ1) is 17.9. The van der Waals surface area contributed by atoms with E-state index in [4.69, 9.17) is 4.98 Å². The van der Waals surface area contributed by atoms with E-state index in [-0.39, 0.29) is 5.56 Å². The molecule has 2 aromatic heterocycles. The zero-order chi connectivity index (χ0) is 19.8. The molecule has 0 atom stereocenters. The molecule has 140 valence electrons. The molecule has 0 aliphatic carbocycles. The Morgan fingerprint density at radius 3 is 2.57 bits per heavy atom. The molecule has 0 amide bonds. The van der Waals surface area contributed by atoms with Crippen LogP contribution in [0, 0.1) is 13.8 Å². The standard InChI is InChI=1S/C23H21N3O2/c1-4-26-21-8-6-16(23(27)28)12-20(21)25-22(26)19-13-24-10-9-18(19)17-7-5-14(2)11-15(17)3/h5-13H,4H2,1-3H3,(H,27,28). The van der Waals surface area contributed by atoms with Crippen molar-refractivity contribution in [1.82, 2.24) is 14.5 Å². The molecule has 0 saturated heterocycles. The molecule has 0 fully saturated rings. The van der Waals surface area contributed by atoms with Gasteiger partial charge in [0.15, 0.2) is 0 Å². The molecule has 0 aliphatic rings. The highest BCUT2D eigenvalue weighted by Crippen LogP contribution is 2.35. The van der Waals surface area contributed by atoms with Crippen LogP contribution in [0.25, 0.3) is 33.5 Å². The minimum atomic E-state index is -0.952. The molecule has 5 heteroatoms. The number of aromatic carboxylic acids is 1. The van der Waals surface area contributed by atoms with Crippen molar-refractivity contribution in [3.8, 4) is 22.5 Å². The summed E-state index contributed by atoms with van der Waals surface area (Å²) in [4.78, 5) is 20.5. The maximum Gasteiger partial charge on any atom is 0.335 e. The van der Waals surface area contributed by atoms with Gasteiger partial charge in [0.2, 0.25) is 0 Å². The average Bonchev–Trinajstić information content (AvgIpc) is 3.05. The zero-order valence-electron chi connectivity index (χ0n) is 16.1. The molecule has 0 spiro atoms. The van der Waals surface area contributed by atoms with Crippen molar-refractivity contribution in [2.24, 2.45) is 0 Å². The van der Waals surface area contributed by atoms with Crippen molar-refractivity contribution in [3.63, 3.8) is 0 Å². The van der Waals surface area contributed by atoms with E-state index in [2.05, 4.69) is 48.5 Å². The van der Waals surface area contributed by atoms with E-state index < -0.39 is 5.97 Å². The molecule has 0 unspecified atom stereocenters. The van der Waals surface area contributed by atoms with Crippen LogP contribution in [-0.4, -0.2) is 25.6 Å². The van der Waals surface area contributed by atoms with Crippen molar-refractivity contribution in [3.05, 3.63) is 71.5 Å². The van der Waals surface area contributed by atoms with Gasteiger partial charge in [-0.2, -0.15) is 0 Å². The topological polar surface area (TPSA) is 68.0 Å². The molecular weight excluding hydrogens is 350 g/mol. The van der Waals surface area contributed by atoms with Gasteiger partial charge in [-0.05, 0) is 61.7 Å². The fourth-order valence-corrected chi connectivity index (χ4v) is 3.71. The summed E-state index contributed by atoms with van der Waals surface area (Å²) in [5.41, 5.74) is 7.38. The molecule has 1 N–H and O–H groups in total. The van der Waals surface area contributed by atoms with Crippen LogP contribution in [0.2, 0.25) is 0 Å². The minimum absolute atomic E-state index is 0.237. The Kier molecular flexibility index (Phi) is 4.43. The van der Waals surface area contributed by atoms with E-state index in [1.807, 2.05) is 18.3 Å². The van der Waals surface area contributed by atoms with Gasteiger partial charge in [0.05, 0.1) is 16.6 Å². The van der Waals surface area contributed by atoms with Crippen molar-refractivity contribution in [2.45, 2.75) is 27.3 Å². The monoisotopic (exact) mass is 371 g/mol. The molecule has 0 radical (unpaired) electrons. The first-order valence-electron chi connectivity index (χ1n) is 9.25. The van der Waals surface area contributed by atoms with Gasteiger partial charge in [-0.1, -0.05) is 23.8 Å². The highest BCUT2D eigenvalue weighted by molar-refractivity contribution is 5.94. The van der Waals surface area contributed by atoms with Gasteiger partial charge in [-0.15, -0.1) is 0 Å². The van der Waals surface area contributed by atoms with E-state index in [9.17, 15) is 9.90 Å². The molecule has 0 saturated carbocycles. The summed E-state index contributed by atoms with van der Waals surface area (Å²) in [7, 11) is 0. The van der Waals surface area contributed by atoms with Crippen LogP contribution in [0.3, 0.4) is 0 Å². The predicted octanol–water partition coefficient (Wildman–Crippen LogP) is 5.10. The lowest BCUT2D eigenvalue weighted by molar-refractivity contribution is 0.0697. The summed E-state index contributed by atoms with van der Waals surface area (Å²) in [6.07, 6.45) is 3.62. The third-order valence-electron chi connectivity index (χ3n) is 5.05. The predicted molar refractivity (Wildman–Crippen MR) is 111 cm³/mol. The zero-order valence-corrected chi connectivity index (χ0v) is 16.1. The molecule has 4 aromatic rings. The number of hydrogen-bond donors (Lipinski definition) is 1. The Hall–Kier alpha value is -3.47. The molecule has 0 aliphatic heterocycles. The Morgan fingerprint density at radius 2 is 1.86 bits per heavy atom. The molecular formula is C23H21N3O2. The number of rotatable bonds is 4. The molecule has 28 heavy (non-hydrogen) atoms. The van der Waals surface area contributed by atoms with Gasteiger partial charge < -0.3 is 9.67 Å². The fourth-order valence-electron chi connectivity index (χ4n) is 3.71. The highest BCUT2D eigenvalue weighted by atomic mass is 16.4. The molecule has 0 bridgehead atoms. The van der Waals surface area contributed by atoms with Crippen LogP contribution >= 0.6 is 0 Å². The van der Waals surface area contributed by atoms with Crippen LogP contribution in [0.4, 0.5) is 0 Å². The maximum absolute atomic E-state index is 11.3. The normalized spacial score (nSPS) is 11.1. The number of pyridine rings is 1. The average molecular weight is 371 g/mol. The van der Waals surface area contributed by atoms with Crippen molar-refractivity contribution in [1.29, 1.82) is 0 Å². The van der Waals surface area contributed by atoms with E-state index in [0.29, 0.717) is 5.52 Å².